The predicted octanol–water partition coefficient (Wildman–Crippen LogP) is 1.57. The minimum absolute atomic E-state index is 0.0294. The van der Waals surface area contributed by atoms with E-state index in [1.807, 2.05) is 19.1 Å². The number of nitrogens with zero attached hydrogens (tertiary/aromatic N) is 2. The average Bonchev–Trinajstić information content (AvgIpc) is 3.27. The van der Waals surface area contributed by atoms with E-state index >= 15 is 0 Å². The second kappa shape index (κ2) is 7.43. The van der Waals surface area contributed by atoms with Crippen LogP contribution < -0.4 is 10.6 Å². The molecule has 0 aliphatic rings. The van der Waals surface area contributed by atoms with Crippen molar-refractivity contribution in [3.8, 4) is 0 Å². The molecule has 25 heavy (non-hydrogen) atoms. The lowest BCUT2D eigenvalue weighted by molar-refractivity contribution is 0.0909. The van der Waals surface area contributed by atoms with Crippen LogP contribution in [0.15, 0.2) is 47.3 Å². The maximum Gasteiger partial charge on any atom is 0.272 e. The third kappa shape index (κ3) is 4.11. The number of amides is 2. The Balaban J connectivity index is 1.60. The van der Waals surface area contributed by atoms with Gasteiger partial charge in [0.15, 0.2) is 5.69 Å². The number of hydrogen-bond donors (Lipinski definition) is 3. The number of carbonyl (C=O) groups is 2. The lowest BCUT2D eigenvalue weighted by atomic mass is 10.2. The number of nitrogens with one attached hydrogen (secondary N) is 3. The van der Waals surface area contributed by atoms with E-state index in [4.69, 9.17) is 4.42 Å². The summed E-state index contributed by atoms with van der Waals surface area (Å²) in [4.78, 5) is 35.3. The van der Waals surface area contributed by atoms with Gasteiger partial charge in [-0.1, -0.05) is 6.07 Å². The van der Waals surface area contributed by atoms with Crippen LogP contribution in [0.2, 0.25) is 0 Å². The molecule has 0 fully saturated rings. The van der Waals surface area contributed by atoms with Crippen molar-refractivity contribution in [2.45, 2.75) is 20.0 Å². The minimum atomic E-state index is -0.460. The number of furan rings is 1. The zero-order valence-electron chi connectivity index (χ0n) is 13.6. The van der Waals surface area contributed by atoms with Gasteiger partial charge in [-0.2, -0.15) is 0 Å². The molecular formula is C17H17N5O3. The van der Waals surface area contributed by atoms with Gasteiger partial charge in [-0.25, -0.2) is 4.98 Å². The molecule has 0 radical (unpaired) electrons. The van der Waals surface area contributed by atoms with E-state index in [-0.39, 0.29) is 24.5 Å². The SMILES string of the molecule is Cc1ccc(CNC(=O)c2nc[nH]c2C(=O)NCc2ccccn2)o1. The first-order chi connectivity index (χ1) is 12.1. The largest absolute Gasteiger partial charge is 0.465 e. The third-order valence-corrected chi connectivity index (χ3v) is 3.46. The highest BCUT2D eigenvalue weighted by molar-refractivity contribution is 6.04. The van der Waals surface area contributed by atoms with Gasteiger partial charge in [0.1, 0.15) is 17.2 Å². The molecule has 2 amide bonds. The lowest BCUT2D eigenvalue weighted by Gasteiger charge is -2.06. The monoisotopic (exact) mass is 339 g/mol. The van der Waals surface area contributed by atoms with Crippen LogP contribution in [-0.4, -0.2) is 26.8 Å². The molecule has 3 heterocycles. The second-order valence-corrected chi connectivity index (χ2v) is 5.32. The number of rotatable bonds is 6. The zero-order chi connectivity index (χ0) is 17.6. The van der Waals surface area contributed by atoms with E-state index in [1.54, 1.807) is 24.4 Å². The molecular weight excluding hydrogens is 322 g/mol. The molecule has 3 N–H and O–H groups in total. The molecule has 0 aliphatic carbocycles. The summed E-state index contributed by atoms with van der Waals surface area (Å²) in [6.45, 7) is 2.29. The first-order valence-electron chi connectivity index (χ1n) is 7.68. The fourth-order valence-electron chi connectivity index (χ4n) is 2.23. The van der Waals surface area contributed by atoms with E-state index in [0.29, 0.717) is 5.76 Å². The fraction of sp³-hybridized carbons (Fsp3) is 0.176. The molecule has 0 spiro atoms. The van der Waals surface area contributed by atoms with Gasteiger partial charge >= 0.3 is 0 Å². The Bertz CT molecular complexity index is 869. The second-order valence-electron chi connectivity index (χ2n) is 5.32. The van der Waals surface area contributed by atoms with Crippen LogP contribution in [0.1, 0.15) is 38.2 Å². The topological polar surface area (TPSA) is 113 Å². The number of hydrogen-bond acceptors (Lipinski definition) is 5. The summed E-state index contributed by atoms with van der Waals surface area (Å²) < 4.78 is 5.39. The Labute approximate surface area is 143 Å². The lowest BCUT2D eigenvalue weighted by Crippen LogP contribution is -2.29. The number of carbonyl (C=O) groups excluding carboxylic acids is 2. The van der Waals surface area contributed by atoms with Crippen molar-refractivity contribution in [1.29, 1.82) is 0 Å². The zero-order valence-corrected chi connectivity index (χ0v) is 13.6. The molecule has 8 nitrogen and oxygen atoms in total. The van der Waals surface area contributed by atoms with E-state index in [1.165, 1.54) is 6.33 Å². The molecule has 3 aromatic rings. The smallest absolute Gasteiger partial charge is 0.272 e. The number of aryl methyl sites for hydroxylation is 1. The van der Waals surface area contributed by atoms with Gasteiger partial charge in [-0.3, -0.25) is 14.6 Å². The summed E-state index contributed by atoms with van der Waals surface area (Å²) >= 11 is 0. The van der Waals surface area contributed by atoms with Gasteiger partial charge < -0.3 is 20.0 Å². The Hall–Kier alpha value is -3.42. The summed E-state index contributed by atoms with van der Waals surface area (Å²) in [5, 5.41) is 5.38. The fourth-order valence-corrected chi connectivity index (χ4v) is 2.23. The highest BCUT2D eigenvalue weighted by atomic mass is 16.3. The number of aromatic nitrogens is 3. The number of H-pyrrole nitrogens is 1. The van der Waals surface area contributed by atoms with Crippen LogP contribution in [0.4, 0.5) is 0 Å². The van der Waals surface area contributed by atoms with Crippen molar-refractivity contribution in [3.63, 3.8) is 0 Å². The summed E-state index contributed by atoms with van der Waals surface area (Å²) in [5.41, 5.74) is 0.848. The summed E-state index contributed by atoms with van der Waals surface area (Å²) in [7, 11) is 0. The summed E-state index contributed by atoms with van der Waals surface area (Å²) in [6.07, 6.45) is 2.95. The first-order valence-corrected chi connectivity index (χ1v) is 7.68. The van der Waals surface area contributed by atoms with Gasteiger partial charge in [-0.05, 0) is 31.2 Å². The van der Waals surface area contributed by atoms with Crippen molar-refractivity contribution in [1.82, 2.24) is 25.6 Å². The van der Waals surface area contributed by atoms with Crippen LogP contribution in [-0.2, 0) is 13.1 Å². The van der Waals surface area contributed by atoms with Crippen molar-refractivity contribution in [3.05, 3.63) is 71.5 Å². The first kappa shape index (κ1) is 16.4. The highest BCUT2D eigenvalue weighted by Gasteiger charge is 2.20. The van der Waals surface area contributed by atoms with Crippen molar-refractivity contribution >= 4 is 11.8 Å². The maximum atomic E-state index is 12.3. The number of imidazole rings is 1. The van der Waals surface area contributed by atoms with Crippen LogP contribution in [0.3, 0.4) is 0 Å². The number of pyridine rings is 1. The molecule has 8 heteroatoms. The highest BCUT2D eigenvalue weighted by Crippen LogP contribution is 2.07. The van der Waals surface area contributed by atoms with E-state index in [0.717, 1.165) is 11.5 Å². The third-order valence-electron chi connectivity index (χ3n) is 3.46. The van der Waals surface area contributed by atoms with E-state index in [9.17, 15) is 9.59 Å². The van der Waals surface area contributed by atoms with Gasteiger partial charge in [0, 0.05) is 6.20 Å². The van der Waals surface area contributed by atoms with Gasteiger partial charge in [0.2, 0.25) is 0 Å². The molecule has 3 aromatic heterocycles. The van der Waals surface area contributed by atoms with Crippen LogP contribution in [0.5, 0.6) is 0 Å². The molecule has 3 rings (SSSR count). The summed E-state index contributed by atoms with van der Waals surface area (Å²) in [5.74, 6) is 0.501. The van der Waals surface area contributed by atoms with E-state index in [2.05, 4.69) is 25.6 Å². The number of aromatic amines is 1. The predicted molar refractivity (Wildman–Crippen MR) is 88.6 cm³/mol. The van der Waals surface area contributed by atoms with Gasteiger partial charge in [0.05, 0.1) is 25.1 Å². The van der Waals surface area contributed by atoms with Crippen LogP contribution in [0.25, 0.3) is 0 Å². The van der Waals surface area contributed by atoms with Crippen LogP contribution >= 0.6 is 0 Å². The van der Waals surface area contributed by atoms with Crippen LogP contribution in [0, 0.1) is 6.92 Å². The summed E-state index contributed by atoms with van der Waals surface area (Å²) in [6, 6.07) is 9.02. The van der Waals surface area contributed by atoms with Gasteiger partial charge in [0.25, 0.3) is 11.8 Å². The molecule has 0 bridgehead atoms. The van der Waals surface area contributed by atoms with Crippen molar-refractivity contribution in [2.75, 3.05) is 0 Å². The molecule has 0 saturated heterocycles. The molecule has 128 valence electrons. The Morgan fingerprint density at radius 3 is 2.64 bits per heavy atom. The molecule has 0 atom stereocenters. The van der Waals surface area contributed by atoms with Gasteiger partial charge in [-0.15, -0.1) is 0 Å². The molecule has 0 unspecified atom stereocenters. The Morgan fingerprint density at radius 1 is 1.08 bits per heavy atom. The Morgan fingerprint density at radius 2 is 1.92 bits per heavy atom. The quantitative estimate of drug-likeness (QED) is 0.631. The molecule has 0 aliphatic heterocycles. The van der Waals surface area contributed by atoms with E-state index < -0.39 is 11.8 Å². The Kier molecular flexibility index (Phi) is 4.89. The maximum absolute atomic E-state index is 12.3. The molecule has 0 saturated carbocycles. The van der Waals surface area contributed by atoms with Crippen molar-refractivity contribution < 1.29 is 14.0 Å². The normalized spacial score (nSPS) is 10.4. The van der Waals surface area contributed by atoms with Crippen molar-refractivity contribution in [2.24, 2.45) is 0 Å². The minimum Gasteiger partial charge on any atom is -0.465 e. The average molecular weight is 339 g/mol. The standard InChI is InChI=1S/C17H17N5O3/c1-11-5-6-13(25-11)9-20-17(24)15-14(21-10-22-15)16(23)19-8-12-4-2-3-7-18-12/h2-7,10H,8-9H2,1H3,(H,19,23)(H,20,24)(H,21,22). The molecule has 0 aromatic carbocycles.